The predicted molar refractivity (Wildman–Crippen MR) is 93.3 cm³/mol. The summed E-state index contributed by atoms with van der Waals surface area (Å²) in [7, 11) is 0. The molecule has 0 saturated heterocycles. The van der Waals surface area contributed by atoms with E-state index in [9.17, 15) is 9.90 Å². The van der Waals surface area contributed by atoms with Crippen molar-refractivity contribution in [3.63, 3.8) is 0 Å². The van der Waals surface area contributed by atoms with Crippen molar-refractivity contribution in [1.29, 1.82) is 5.26 Å². The SMILES string of the molecule is Cc1ccc(N/C=C(/C#N)C(=O)NCCc2ccc(O)cc2)cc1. The first-order valence-electron chi connectivity index (χ1n) is 7.58. The number of benzene rings is 2. The highest BCUT2D eigenvalue weighted by Crippen LogP contribution is 2.10. The number of hydrogen-bond donors (Lipinski definition) is 3. The first-order chi connectivity index (χ1) is 11.6. The van der Waals surface area contributed by atoms with Gasteiger partial charge in [0, 0.05) is 18.4 Å². The van der Waals surface area contributed by atoms with Gasteiger partial charge in [0.25, 0.3) is 5.91 Å². The lowest BCUT2D eigenvalue weighted by Gasteiger charge is -2.06. The van der Waals surface area contributed by atoms with E-state index in [1.807, 2.05) is 37.3 Å². The quantitative estimate of drug-likeness (QED) is 0.564. The second-order valence-electron chi connectivity index (χ2n) is 5.35. The third-order valence-electron chi connectivity index (χ3n) is 3.44. The fourth-order valence-corrected chi connectivity index (χ4v) is 2.03. The van der Waals surface area contributed by atoms with E-state index in [4.69, 9.17) is 5.26 Å². The van der Waals surface area contributed by atoms with Crippen LogP contribution in [0.15, 0.2) is 60.3 Å². The molecular formula is C19H19N3O2. The number of aromatic hydroxyl groups is 1. The number of nitrogens with zero attached hydrogens (tertiary/aromatic N) is 1. The van der Waals surface area contributed by atoms with Crippen molar-refractivity contribution in [3.8, 4) is 11.8 Å². The maximum Gasteiger partial charge on any atom is 0.263 e. The van der Waals surface area contributed by atoms with E-state index in [1.165, 1.54) is 6.20 Å². The molecule has 0 aliphatic rings. The highest BCUT2D eigenvalue weighted by molar-refractivity contribution is 5.97. The highest BCUT2D eigenvalue weighted by Gasteiger charge is 2.08. The smallest absolute Gasteiger partial charge is 0.263 e. The van der Waals surface area contributed by atoms with Gasteiger partial charge in [-0.3, -0.25) is 4.79 Å². The number of carbonyl (C=O) groups is 1. The van der Waals surface area contributed by atoms with Gasteiger partial charge in [0.2, 0.25) is 0 Å². The topological polar surface area (TPSA) is 85.2 Å². The summed E-state index contributed by atoms with van der Waals surface area (Å²) in [5.41, 5.74) is 2.96. The molecule has 5 heteroatoms. The summed E-state index contributed by atoms with van der Waals surface area (Å²) in [6, 6.07) is 16.3. The van der Waals surface area contributed by atoms with E-state index in [-0.39, 0.29) is 11.3 Å². The number of aryl methyl sites for hydroxylation is 1. The molecule has 2 aromatic carbocycles. The predicted octanol–water partition coefficient (Wildman–Crippen LogP) is 2.88. The molecule has 0 heterocycles. The van der Waals surface area contributed by atoms with Gasteiger partial charge in [0.05, 0.1) is 0 Å². The number of anilines is 1. The summed E-state index contributed by atoms with van der Waals surface area (Å²) < 4.78 is 0. The maximum atomic E-state index is 12.0. The summed E-state index contributed by atoms with van der Waals surface area (Å²) in [6.45, 7) is 2.40. The third-order valence-corrected chi connectivity index (χ3v) is 3.44. The second-order valence-corrected chi connectivity index (χ2v) is 5.35. The Morgan fingerprint density at radius 2 is 1.83 bits per heavy atom. The van der Waals surface area contributed by atoms with Crippen molar-refractivity contribution in [2.45, 2.75) is 13.3 Å². The number of phenolic OH excluding ortho intramolecular Hbond substituents is 1. The summed E-state index contributed by atoms with van der Waals surface area (Å²) in [6.07, 6.45) is 2.02. The minimum Gasteiger partial charge on any atom is -0.508 e. The molecule has 0 aliphatic heterocycles. The molecule has 0 aliphatic carbocycles. The molecule has 0 unspecified atom stereocenters. The van der Waals surface area contributed by atoms with E-state index in [1.54, 1.807) is 24.3 Å². The molecule has 0 atom stereocenters. The maximum absolute atomic E-state index is 12.0. The molecule has 0 spiro atoms. The van der Waals surface area contributed by atoms with Crippen LogP contribution in [-0.4, -0.2) is 17.6 Å². The first-order valence-corrected chi connectivity index (χ1v) is 7.58. The Hall–Kier alpha value is -3.26. The number of hydrogen-bond acceptors (Lipinski definition) is 4. The summed E-state index contributed by atoms with van der Waals surface area (Å²) in [5.74, 6) is -0.212. The number of phenols is 1. The molecule has 0 bridgehead atoms. The Balaban J connectivity index is 1.86. The molecule has 24 heavy (non-hydrogen) atoms. The van der Waals surface area contributed by atoms with Gasteiger partial charge in [0.15, 0.2) is 0 Å². The van der Waals surface area contributed by atoms with Crippen LogP contribution in [0.4, 0.5) is 5.69 Å². The largest absolute Gasteiger partial charge is 0.508 e. The van der Waals surface area contributed by atoms with Crippen LogP contribution in [0.5, 0.6) is 5.75 Å². The van der Waals surface area contributed by atoms with Crippen LogP contribution in [-0.2, 0) is 11.2 Å². The second kappa shape index (κ2) is 8.39. The minimum atomic E-state index is -0.420. The fraction of sp³-hybridized carbons (Fsp3) is 0.158. The van der Waals surface area contributed by atoms with Crippen molar-refractivity contribution in [2.75, 3.05) is 11.9 Å². The molecular weight excluding hydrogens is 302 g/mol. The lowest BCUT2D eigenvalue weighted by atomic mass is 10.1. The van der Waals surface area contributed by atoms with Gasteiger partial charge in [-0.25, -0.2) is 0 Å². The number of carbonyl (C=O) groups excluding carboxylic acids is 1. The number of nitriles is 1. The molecule has 0 saturated carbocycles. The van der Waals surface area contributed by atoms with Crippen LogP contribution >= 0.6 is 0 Å². The van der Waals surface area contributed by atoms with E-state index in [0.29, 0.717) is 13.0 Å². The molecule has 1 amide bonds. The number of amides is 1. The molecule has 2 rings (SSSR count). The van der Waals surface area contributed by atoms with E-state index < -0.39 is 5.91 Å². The van der Waals surface area contributed by atoms with Gasteiger partial charge in [-0.05, 0) is 43.2 Å². The summed E-state index contributed by atoms with van der Waals surface area (Å²) in [4.78, 5) is 12.0. The van der Waals surface area contributed by atoms with Crippen LogP contribution < -0.4 is 10.6 Å². The highest BCUT2D eigenvalue weighted by atomic mass is 16.3. The van der Waals surface area contributed by atoms with Crippen LogP contribution in [0.1, 0.15) is 11.1 Å². The Labute approximate surface area is 141 Å². The molecule has 3 N–H and O–H groups in total. The van der Waals surface area contributed by atoms with E-state index in [2.05, 4.69) is 10.6 Å². The fourth-order valence-electron chi connectivity index (χ4n) is 2.03. The van der Waals surface area contributed by atoms with Gasteiger partial charge < -0.3 is 15.7 Å². The van der Waals surface area contributed by atoms with E-state index in [0.717, 1.165) is 16.8 Å². The average molecular weight is 321 g/mol. The molecule has 0 fully saturated rings. The van der Waals surface area contributed by atoms with Crippen molar-refractivity contribution >= 4 is 11.6 Å². The zero-order chi connectivity index (χ0) is 17.4. The van der Waals surface area contributed by atoms with Crippen LogP contribution in [0.2, 0.25) is 0 Å². The molecule has 122 valence electrons. The Morgan fingerprint density at radius 1 is 1.17 bits per heavy atom. The minimum absolute atomic E-state index is 0.0151. The van der Waals surface area contributed by atoms with Crippen molar-refractivity contribution < 1.29 is 9.90 Å². The van der Waals surface area contributed by atoms with Crippen LogP contribution in [0, 0.1) is 18.3 Å². The standard InChI is InChI=1S/C19H19N3O2/c1-14-2-6-17(7-3-14)22-13-16(12-20)19(24)21-11-10-15-4-8-18(23)9-5-15/h2-9,13,22-23H,10-11H2,1H3,(H,21,24)/b16-13-. The molecule has 0 aromatic heterocycles. The lowest BCUT2D eigenvalue weighted by Crippen LogP contribution is -2.27. The van der Waals surface area contributed by atoms with Crippen molar-refractivity contribution in [3.05, 3.63) is 71.4 Å². The summed E-state index contributed by atoms with van der Waals surface area (Å²) in [5, 5.41) is 24.0. The third kappa shape index (κ3) is 5.18. The zero-order valence-corrected chi connectivity index (χ0v) is 13.4. The van der Waals surface area contributed by atoms with Crippen LogP contribution in [0.3, 0.4) is 0 Å². The average Bonchev–Trinajstić information content (AvgIpc) is 2.59. The van der Waals surface area contributed by atoms with E-state index >= 15 is 0 Å². The first kappa shape index (κ1) is 17.1. The molecule has 5 nitrogen and oxygen atoms in total. The Kier molecular flexibility index (Phi) is 5.98. The molecule has 2 aromatic rings. The Bertz CT molecular complexity index is 757. The summed E-state index contributed by atoms with van der Waals surface area (Å²) >= 11 is 0. The van der Waals surface area contributed by atoms with Crippen LogP contribution in [0.25, 0.3) is 0 Å². The lowest BCUT2D eigenvalue weighted by molar-refractivity contribution is -0.117. The zero-order valence-electron chi connectivity index (χ0n) is 13.4. The normalized spacial score (nSPS) is 10.8. The molecule has 0 radical (unpaired) electrons. The Morgan fingerprint density at radius 3 is 2.46 bits per heavy atom. The number of nitrogens with one attached hydrogen (secondary N) is 2. The van der Waals surface area contributed by atoms with Gasteiger partial charge in [-0.1, -0.05) is 29.8 Å². The monoisotopic (exact) mass is 321 g/mol. The van der Waals surface area contributed by atoms with Crippen molar-refractivity contribution in [2.24, 2.45) is 0 Å². The van der Waals surface area contributed by atoms with Gasteiger partial charge in [-0.15, -0.1) is 0 Å². The van der Waals surface area contributed by atoms with Gasteiger partial charge in [0.1, 0.15) is 17.4 Å². The van der Waals surface area contributed by atoms with Gasteiger partial charge >= 0.3 is 0 Å². The van der Waals surface area contributed by atoms with Crippen molar-refractivity contribution in [1.82, 2.24) is 5.32 Å². The van der Waals surface area contributed by atoms with Gasteiger partial charge in [-0.2, -0.15) is 5.26 Å². The number of rotatable bonds is 6.